The topological polar surface area (TPSA) is 74.6 Å². The minimum Gasteiger partial charge on any atom is -1.00 e. The fraction of sp³-hybridized carbons (Fsp3) is 0. The summed E-state index contributed by atoms with van der Waals surface area (Å²) in [6, 6.07) is 0. The number of hydrogen-bond acceptors (Lipinski definition) is 2. The van der Waals surface area contributed by atoms with Gasteiger partial charge >= 0.3 is 165 Å². The van der Waals surface area contributed by atoms with Gasteiger partial charge in [-0.3, -0.25) is 9.11 Å². The van der Waals surface area contributed by atoms with Crippen molar-refractivity contribution in [2.24, 2.45) is 0 Å². The minimum absolute atomic E-state index is 0. The monoisotopic (exact) mass is 398 g/mol. The number of hydrogen-bond donors (Lipinski definition) is 2. The molecule has 0 bridgehead atoms. The fourth-order valence-electron chi connectivity index (χ4n) is 0. The van der Waals surface area contributed by atoms with E-state index in [1.165, 1.54) is 0 Å². The van der Waals surface area contributed by atoms with Crippen molar-refractivity contribution >= 4 is 10.4 Å². The fourth-order valence-corrected chi connectivity index (χ4v) is 0. The number of rotatable bonds is 0. The van der Waals surface area contributed by atoms with Crippen LogP contribution in [-0.4, -0.2) is 17.5 Å². The van der Waals surface area contributed by atoms with Crippen LogP contribution in [0.5, 0.6) is 0 Å². The molecule has 0 aliphatic carbocycles. The average molecular weight is 397 g/mol. The smallest absolute Gasteiger partial charge is 1.00 e. The van der Waals surface area contributed by atoms with E-state index in [9.17, 15) is 0 Å². The van der Waals surface area contributed by atoms with Gasteiger partial charge in [0.15, 0.2) is 0 Å². The van der Waals surface area contributed by atoms with E-state index in [0.717, 1.165) is 0 Å². The molecule has 0 aromatic carbocycles. The molecule has 0 aliphatic rings. The Morgan fingerprint density at radius 2 is 1.00 bits per heavy atom. The molecule has 0 heterocycles. The first-order chi connectivity index (χ1) is 2.00. The van der Waals surface area contributed by atoms with Gasteiger partial charge in [-0.1, -0.05) is 0 Å². The molecule has 2 N–H and O–H groups in total. The third kappa shape index (κ3) is 58.0. The Labute approximate surface area is 205 Å². The van der Waals surface area contributed by atoms with Crippen LogP contribution < -0.4 is 154 Å². The summed E-state index contributed by atoms with van der Waals surface area (Å²) >= 11 is 0. The largest absolute Gasteiger partial charge is 1.00 e. The molecule has 9 heavy (non-hydrogen) atoms. The molecule has 4 nitrogen and oxygen atoms in total. The van der Waals surface area contributed by atoms with Gasteiger partial charge in [0.25, 0.3) is 0 Å². The van der Waals surface area contributed by atoms with Crippen LogP contribution in [0.3, 0.4) is 0 Å². The summed E-state index contributed by atoms with van der Waals surface area (Å²) in [5.74, 6) is 0. The van der Waals surface area contributed by atoms with Gasteiger partial charge in [-0.05, 0) is 0 Å². The van der Waals surface area contributed by atoms with E-state index in [1.54, 1.807) is 0 Å². The van der Waals surface area contributed by atoms with Crippen LogP contribution in [0.15, 0.2) is 0 Å². The van der Waals surface area contributed by atoms with Crippen LogP contribution >= 0.6 is 0 Å². The van der Waals surface area contributed by atoms with Gasteiger partial charge in [0.1, 0.15) is 0 Å². The Kier molecular flexibility index (Phi) is 52.4. The van der Waals surface area contributed by atoms with Crippen molar-refractivity contribution in [3.05, 3.63) is 0 Å². The summed E-state index contributed by atoms with van der Waals surface area (Å²) < 4.78 is 31.6. The summed E-state index contributed by atoms with van der Waals surface area (Å²) in [6.07, 6.45) is 0. The Morgan fingerprint density at radius 3 is 1.00 bits per heavy atom. The molecule has 9 heteroatoms. The Morgan fingerprint density at radius 1 is 1.00 bits per heavy atom. The zero-order chi connectivity index (χ0) is 4.50. The molecule has 0 saturated heterocycles. The van der Waals surface area contributed by atoms with Crippen LogP contribution in [0.4, 0.5) is 0 Å². The molecular formula is H5HfK3O4S. The maximum atomic E-state index is 8.74. The summed E-state index contributed by atoms with van der Waals surface area (Å²) in [6.45, 7) is 0. The van der Waals surface area contributed by atoms with E-state index in [-0.39, 0.29) is 184 Å². The molecule has 0 atom stereocenters. The van der Waals surface area contributed by atoms with Gasteiger partial charge in [-0.15, -0.1) is 0 Å². The van der Waals surface area contributed by atoms with Crippen molar-refractivity contribution in [2.75, 3.05) is 0 Å². The maximum absolute atomic E-state index is 8.74. The summed E-state index contributed by atoms with van der Waals surface area (Å²) in [5.41, 5.74) is 0. The summed E-state index contributed by atoms with van der Waals surface area (Å²) in [4.78, 5) is 0. The van der Waals surface area contributed by atoms with Gasteiger partial charge in [-0.25, -0.2) is 0 Å². The van der Waals surface area contributed by atoms with Crippen molar-refractivity contribution in [3.63, 3.8) is 0 Å². The van der Waals surface area contributed by atoms with Gasteiger partial charge in [0.2, 0.25) is 0 Å². The van der Waals surface area contributed by atoms with Crippen LogP contribution in [0.2, 0.25) is 0 Å². The third-order valence-corrected chi connectivity index (χ3v) is 0. The second-order valence-corrected chi connectivity index (χ2v) is 1.34. The average Bonchev–Trinajstić information content (AvgIpc) is 0.722. The molecule has 0 rings (SSSR count). The molecule has 0 aliphatic heterocycles. The standard InChI is InChI=1S/Hf.3K.H2O4S.3H/c;;;;1-5(2,3)4;;;/h;;;;(H2,1,2,3,4);;;/q;3*+1;;3*-1. The molecule has 0 saturated carbocycles. The van der Waals surface area contributed by atoms with E-state index in [2.05, 4.69) is 0 Å². The first-order valence-electron chi connectivity index (χ1n) is 0.698. The quantitative estimate of drug-likeness (QED) is 0.315. The van der Waals surface area contributed by atoms with E-state index < -0.39 is 10.4 Å². The molecule has 0 aromatic heterocycles. The summed E-state index contributed by atoms with van der Waals surface area (Å²) in [5, 5.41) is 0. The van der Waals surface area contributed by atoms with Crippen LogP contribution in [0.1, 0.15) is 4.28 Å². The van der Waals surface area contributed by atoms with Crippen LogP contribution in [0.25, 0.3) is 0 Å². The molecule has 42 valence electrons. The van der Waals surface area contributed by atoms with E-state index >= 15 is 0 Å². The van der Waals surface area contributed by atoms with Crippen molar-refractivity contribution in [1.29, 1.82) is 0 Å². The summed E-state index contributed by atoms with van der Waals surface area (Å²) in [7, 11) is -4.67. The van der Waals surface area contributed by atoms with E-state index in [0.29, 0.717) is 0 Å². The normalized spacial score (nSPS) is 6.44. The Hall–Kier alpha value is 5.65. The third-order valence-electron chi connectivity index (χ3n) is 0. The molecule has 0 aromatic rings. The molecular weight excluding hydrogens is 392 g/mol. The van der Waals surface area contributed by atoms with Gasteiger partial charge in [-0.2, -0.15) is 8.42 Å². The van der Waals surface area contributed by atoms with Crippen molar-refractivity contribution in [3.8, 4) is 0 Å². The minimum atomic E-state index is -4.67. The van der Waals surface area contributed by atoms with Gasteiger partial charge in [0.05, 0.1) is 0 Å². The molecule has 0 fully saturated rings. The second-order valence-electron chi connectivity index (χ2n) is 0.448. The predicted molar refractivity (Wildman–Crippen MR) is 17.5 cm³/mol. The first-order valence-corrected chi connectivity index (χ1v) is 2.10. The molecule has 0 spiro atoms. The van der Waals surface area contributed by atoms with Crippen LogP contribution in [-0.2, 0) is 36.2 Å². The van der Waals surface area contributed by atoms with Crippen LogP contribution in [0, 0.1) is 0 Å². The van der Waals surface area contributed by atoms with Crippen molar-refractivity contribution in [2.45, 2.75) is 0 Å². The first kappa shape index (κ1) is 29.3. The van der Waals surface area contributed by atoms with Gasteiger partial charge < -0.3 is 4.28 Å². The molecule has 0 amide bonds. The van der Waals surface area contributed by atoms with Crippen molar-refractivity contribution < 1.29 is 202 Å². The second kappa shape index (κ2) is 16.1. The van der Waals surface area contributed by atoms with Crippen molar-refractivity contribution in [1.82, 2.24) is 0 Å². The van der Waals surface area contributed by atoms with Gasteiger partial charge in [0, 0.05) is 25.8 Å². The zero-order valence-corrected chi connectivity index (χ0v) is 19.4. The Bertz CT molecular complexity index is 109. The SMILES string of the molecule is O=S(=O)(O)O.[H-].[H-].[H-].[Hf].[K+].[K+].[K+]. The molecule has 0 radical (unpaired) electrons. The molecule has 0 unspecified atom stereocenters. The zero-order valence-electron chi connectivity index (χ0n) is 8.62. The maximum Gasteiger partial charge on any atom is 1.00 e. The Balaban J connectivity index is -0.00000000381. The predicted octanol–water partition coefficient (Wildman–Crippen LogP) is -9.31. The van der Waals surface area contributed by atoms with E-state index in [4.69, 9.17) is 17.5 Å². The van der Waals surface area contributed by atoms with E-state index in [1.807, 2.05) is 0 Å².